The van der Waals surface area contributed by atoms with Crippen LogP contribution in [-0.4, -0.2) is 49.1 Å². The Hall–Kier alpha value is -2.63. The molecule has 1 aromatic heterocycles. The van der Waals surface area contributed by atoms with E-state index >= 15 is 0 Å². The van der Waals surface area contributed by atoms with E-state index in [4.69, 9.17) is 0 Å². The molecule has 1 aliphatic heterocycles. The molecule has 1 aromatic carbocycles. The maximum atomic E-state index is 12.4. The van der Waals surface area contributed by atoms with Crippen molar-refractivity contribution in [3.8, 4) is 0 Å². The molecule has 1 saturated heterocycles. The van der Waals surface area contributed by atoms with Crippen molar-refractivity contribution in [1.82, 2.24) is 15.3 Å². The first-order valence-electron chi connectivity index (χ1n) is 8.24. The number of nitrogens with one attached hydrogen (secondary N) is 1. The number of anilines is 2. The van der Waals surface area contributed by atoms with E-state index in [1.807, 2.05) is 49.3 Å². The monoisotopic (exact) mass is 325 g/mol. The summed E-state index contributed by atoms with van der Waals surface area (Å²) >= 11 is 0. The molecule has 2 heterocycles. The highest BCUT2D eigenvalue weighted by Crippen LogP contribution is 2.16. The first kappa shape index (κ1) is 16.2. The van der Waals surface area contributed by atoms with E-state index in [2.05, 4.69) is 20.2 Å². The van der Waals surface area contributed by atoms with Crippen LogP contribution in [0.1, 0.15) is 23.2 Å². The summed E-state index contributed by atoms with van der Waals surface area (Å²) in [6.07, 6.45) is 5.32. The van der Waals surface area contributed by atoms with Crippen LogP contribution in [0, 0.1) is 0 Å². The molecular formula is C18H23N5O. The summed E-state index contributed by atoms with van der Waals surface area (Å²) in [5, 5.41) is 3.14. The second-order valence-corrected chi connectivity index (χ2v) is 6.22. The molecule has 0 atom stereocenters. The van der Waals surface area contributed by atoms with Crippen molar-refractivity contribution < 1.29 is 4.79 Å². The average Bonchev–Trinajstić information content (AvgIpc) is 2.63. The predicted octanol–water partition coefficient (Wildman–Crippen LogP) is 1.94. The molecular weight excluding hydrogens is 302 g/mol. The topological polar surface area (TPSA) is 61.4 Å². The number of benzene rings is 1. The van der Waals surface area contributed by atoms with Gasteiger partial charge in [0.2, 0.25) is 5.95 Å². The van der Waals surface area contributed by atoms with Gasteiger partial charge in [0.15, 0.2) is 0 Å². The van der Waals surface area contributed by atoms with Gasteiger partial charge in [0.05, 0.1) is 0 Å². The SMILES string of the molecule is CN(C)c1ccc(C(=O)NC2CCN(c3ncccn3)CC2)cc1. The molecule has 0 saturated carbocycles. The molecule has 1 fully saturated rings. The summed E-state index contributed by atoms with van der Waals surface area (Å²) in [6.45, 7) is 1.71. The summed E-state index contributed by atoms with van der Waals surface area (Å²) in [5.41, 5.74) is 1.79. The smallest absolute Gasteiger partial charge is 0.251 e. The van der Waals surface area contributed by atoms with E-state index in [9.17, 15) is 4.79 Å². The summed E-state index contributed by atoms with van der Waals surface area (Å²) in [4.78, 5) is 25.1. The maximum absolute atomic E-state index is 12.4. The lowest BCUT2D eigenvalue weighted by Gasteiger charge is -2.32. The zero-order chi connectivity index (χ0) is 16.9. The number of carbonyl (C=O) groups excluding carboxylic acids is 1. The van der Waals surface area contributed by atoms with Crippen LogP contribution in [0.2, 0.25) is 0 Å². The van der Waals surface area contributed by atoms with Gasteiger partial charge in [0.1, 0.15) is 0 Å². The molecule has 1 amide bonds. The van der Waals surface area contributed by atoms with Gasteiger partial charge in [-0.15, -0.1) is 0 Å². The molecule has 0 aliphatic carbocycles. The van der Waals surface area contributed by atoms with Gasteiger partial charge in [-0.05, 0) is 43.2 Å². The van der Waals surface area contributed by atoms with E-state index in [1.165, 1.54) is 0 Å². The Balaban J connectivity index is 1.53. The fourth-order valence-corrected chi connectivity index (χ4v) is 2.86. The zero-order valence-corrected chi connectivity index (χ0v) is 14.1. The molecule has 0 unspecified atom stereocenters. The van der Waals surface area contributed by atoms with Crippen molar-refractivity contribution in [2.45, 2.75) is 18.9 Å². The minimum Gasteiger partial charge on any atom is -0.378 e. The number of nitrogens with zero attached hydrogens (tertiary/aromatic N) is 4. The zero-order valence-electron chi connectivity index (χ0n) is 14.1. The van der Waals surface area contributed by atoms with Crippen molar-refractivity contribution in [2.24, 2.45) is 0 Å². The van der Waals surface area contributed by atoms with Gasteiger partial charge >= 0.3 is 0 Å². The largest absolute Gasteiger partial charge is 0.378 e. The first-order valence-corrected chi connectivity index (χ1v) is 8.24. The highest BCUT2D eigenvalue weighted by atomic mass is 16.1. The van der Waals surface area contributed by atoms with E-state index in [0.717, 1.165) is 37.6 Å². The number of amides is 1. The number of rotatable bonds is 4. The van der Waals surface area contributed by atoms with E-state index in [1.54, 1.807) is 12.4 Å². The summed E-state index contributed by atoms with van der Waals surface area (Å²) < 4.78 is 0. The third-order valence-electron chi connectivity index (χ3n) is 4.31. The molecule has 6 heteroatoms. The molecule has 0 bridgehead atoms. The van der Waals surface area contributed by atoms with Crippen molar-refractivity contribution >= 4 is 17.5 Å². The van der Waals surface area contributed by atoms with Crippen LogP contribution < -0.4 is 15.1 Å². The lowest BCUT2D eigenvalue weighted by Crippen LogP contribution is -2.45. The maximum Gasteiger partial charge on any atom is 0.251 e. The Kier molecular flexibility index (Phi) is 4.93. The van der Waals surface area contributed by atoms with Crippen LogP contribution >= 0.6 is 0 Å². The van der Waals surface area contributed by atoms with Gasteiger partial charge in [-0.2, -0.15) is 0 Å². The number of hydrogen-bond donors (Lipinski definition) is 1. The van der Waals surface area contributed by atoms with Crippen molar-refractivity contribution in [2.75, 3.05) is 37.0 Å². The number of piperidine rings is 1. The summed E-state index contributed by atoms with van der Waals surface area (Å²) in [5.74, 6) is 0.760. The first-order chi connectivity index (χ1) is 11.6. The molecule has 126 valence electrons. The van der Waals surface area contributed by atoms with Gasteiger partial charge in [0, 0.05) is 56.9 Å². The van der Waals surface area contributed by atoms with Crippen molar-refractivity contribution in [3.05, 3.63) is 48.3 Å². The highest BCUT2D eigenvalue weighted by Gasteiger charge is 2.22. The van der Waals surface area contributed by atoms with Gasteiger partial charge < -0.3 is 15.1 Å². The predicted molar refractivity (Wildman–Crippen MR) is 95.5 cm³/mol. The highest BCUT2D eigenvalue weighted by molar-refractivity contribution is 5.94. The van der Waals surface area contributed by atoms with Crippen molar-refractivity contribution in [3.63, 3.8) is 0 Å². The Morgan fingerprint density at radius 3 is 2.33 bits per heavy atom. The average molecular weight is 325 g/mol. The van der Waals surface area contributed by atoms with Crippen LogP contribution in [0.15, 0.2) is 42.7 Å². The number of hydrogen-bond acceptors (Lipinski definition) is 5. The Morgan fingerprint density at radius 2 is 1.75 bits per heavy atom. The normalized spacial score (nSPS) is 15.2. The minimum absolute atomic E-state index is 0.00489. The minimum atomic E-state index is -0.00489. The Morgan fingerprint density at radius 1 is 1.12 bits per heavy atom. The second kappa shape index (κ2) is 7.29. The van der Waals surface area contributed by atoms with E-state index in [0.29, 0.717) is 5.56 Å². The van der Waals surface area contributed by atoms with Crippen LogP contribution in [0.4, 0.5) is 11.6 Å². The molecule has 0 spiro atoms. The van der Waals surface area contributed by atoms with Gasteiger partial charge in [-0.1, -0.05) is 0 Å². The molecule has 6 nitrogen and oxygen atoms in total. The molecule has 3 rings (SSSR count). The standard InChI is InChI=1S/C18H23N5O/c1-22(2)16-6-4-14(5-7-16)17(24)21-15-8-12-23(13-9-15)18-19-10-3-11-20-18/h3-7,10-11,15H,8-9,12-13H2,1-2H3,(H,21,24). The van der Waals surface area contributed by atoms with Crippen molar-refractivity contribution in [1.29, 1.82) is 0 Å². The molecule has 1 aliphatic rings. The number of aromatic nitrogens is 2. The van der Waals surface area contributed by atoms with Crippen LogP contribution in [0.5, 0.6) is 0 Å². The van der Waals surface area contributed by atoms with Gasteiger partial charge in [0.25, 0.3) is 5.91 Å². The quantitative estimate of drug-likeness (QED) is 0.931. The fourth-order valence-electron chi connectivity index (χ4n) is 2.86. The molecule has 24 heavy (non-hydrogen) atoms. The summed E-state index contributed by atoms with van der Waals surface area (Å²) in [7, 11) is 3.97. The number of carbonyl (C=O) groups is 1. The van der Waals surface area contributed by atoms with E-state index < -0.39 is 0 Å². The lowest BCUT2D eigenvalue weighted by atomic mass is 10.0. The van der Waals surface area contributed by atoms with Crippen LogP contribution in [0.25, 0.3) is 0 Å². The molecule has 2 aromatic rings. The van der Waals surface area contributed by atoms with Crippen LogP contribution in [0.3, 0.4) is 0 Å². The lowest BCUT2D eigenvalue weighted by molar-refractivity contribution is 0.0931. The van der Waals surface area contributed by atoms with E-state index in [-0.39, 0.29) is 11.9 Å². The third kappa shape index (κ3) is 3.82. The second-order valence-electron chi connectivity index (χ2n) is 6.22. The third-order valence-corrected chi connectivity index (χ3v) is 4.31. The summed E-state index contributed by atoms with van der Waals surface area (Å²) in [6, 6.07) is 9.69. The van der Waals surface area contributed by atoms with Crippen LogP contribution in [-0.2, 0) is 0 Å². The Bertz CT molecular complexity index is 664. The fraction of sp³-hybridized carbons (Fsp3) is 0.389. The van der Waals surface area contributed by atoms with Gasteiger partial charge in [-0.25, -0.2) is 9.97 Å². The molecule has 0 radical (unpaired) electrons. The van der Waals surface area contributed by atoms with Gasteiger partial charge in [-0.3, -0.25) is 4.79 Å². The Labute approximate surface area is 142 Å². The molecule has 1 N–H and O–H groups in total.